The van der Waals surface area contributed by atoms with Crippen LogP contribution in [0.25, 0.3) is 5.82 Å². The maximum Gasteiger partial charge on any atom is 0.573 e. The summed E-state index contributed by atoms with van der Waals surface area (Å²) in [7, 11) is 0. The average Bonchev–Trinajstić information content (AvgIpc) is 3.33. The third-order valence-corrected chi connectivity index (χ3v) is 5.06. The van der Waals surface area contributed by atoms with E-state index in [2.05, 4.69) is 30.1 Å². The quantitative estimate of drug-likeness (QED) is 0.620. The molecular formula is C20H20F3N7O2. The number of carbonyl (C=O) groups is 1. The van der Waals surface area contributed by atoms with Crippen molar-refractivity contribution in [1.82, 2.24) is 30.0 Å². The normalized spacial score (nSPS) is 16.6. The van der Waals surface area contributed by atoms with Crippen LogP contribution in [-0.2, 0) is 11.3 Å². The zero-order chi connectivity index (χ0) is 22.6. The maximum atomic E-state index is 12.7. The maximum absolute atomic E-state index is 12.7. The topological polar surface area (TPSA) is 98.1 Å². The molecule has 0 spiro atoms. The number of anilines is 1. The summed E-state index contributed by atoms with van der Waals surface area (Å²) in [6, 6.07) is 7.51. The van der Waals surface area contributed by atoms with E-state index in [0.29, 0.717) is 24.6 Å². The average molecular weight is 447 g/mol. The number of benzene rings is 1. The minimum atomic E-state index is -4.80. The summed E-state index contributed by atoms with van der Waals surface area (Å²) >= 11 is 0. The number of alkyl halides is 3. The highest BCUT2D eigenvalue weighted by Crippen LogP contribution is 2.27. The fourth-order valence-corrected chi connectivity index (χ4v) is 3.56. The number of para-hydroxylation sites is 1. The Kier molecular flexibility index (Phi) is 6.19. The van der Waals surface area contributed by atoms with Crippen LogP contribution in [0, 0.1) is 5.92 Å². The first kappa shape index (κ1) is 21.5. The number of nitrogens with zero attached hydrogens (tertiary/aromatic N) is 6. The summed E-state index contributed by atoms with van der Waals surface area (Å²) in [5.74, 6) is 0.325. The Balaban J connectivity index is 1.39. The molecule has 12 heteroatoms. The van der Waals surface area contributed by atoms with E-state index in [1.807, 2.05) is 4.90 Å². The Hall–Kier alpha value is -3.70. The van der Waals surface area contributed by atoms with Gasteiger partial charge in [0.25, 0.3) is 0 Å². The molecule has 1 N–H and O–H groups in total. The second kappa shape index (κ2) is 9.20. The molecule has 0 saturated carbocycles. The molecule has 0 radical (unpaired) electrons. The smallest absolute Gasteiger partial charge is 0.405 e. The number of rotatable bonds is 6. The predicted octanol–water partition coefficient (Wildman–Crippen LogP) is 2.49. The van der Waals surface area contributed by atoms with Crippen molar-refractivity contribution in [2.75, 3.05) is 18.0 Å². The van der Waals surface area contributed by atoms with Gasteiger partial charge < -0.3 is 15.0 Å². The van der Waals surface area contributed by atoms with E-state index in [0.717, 1.165) is 13.0 Å². The van der Waals surface area contributed by atoms with Gasteiger partial charge in [-0.1, -0.05) is 18.2 Å². The van der Waals surface area contributed by atoms with Crippen LogP contribution >= 0.6 is 0 Å². The first-order chi connectivity index (χ1) is 15.4. The third kappa shape index (κ3) is 5.31. The van der Waals surface area contributed by atoms with E-state index in [9.17, 15) is 18.0 Å². The largest absolute Gasteiger partial charge is 0.573 e. The van der Waals surface area contributed by atoms with E-state index in [4.69, 9.17) is 0 Å². The van der Waals surface area contributed by atoms with Crippen LogP contribution in [0.3, 0.4) is 0 Å². The van der Waals surface area contributed by atoms with Crippen LogP contribution in [0.1, 0.15) is 18.4 Å². The third-order valence-electron chi connectivity index (χ3n) is 5.06. The summed E-state index contributed by atoms with van der Waals surface area (Å²) < 4.78 is 43.4. The van der Waals surface area contributed by atoms with Gasteiger partial charge in [0, 0.05) is 31.3 Å². The fourth-order valence-electron chi connectivity index (χ4n) is 3.56. The predicted molar refractivity (Wildman–Crippen MR) is 107 cm³/mol. The zero-order valence-electron chi connectivity index (χ0n) is 16.9. The lowest BCUT2D eigenvalue weighted by atomic mass is 9.97. The molecule has 1 unspecified atom stereocenters. The van der Waals surface area contributed by atoms with Gasteiger partial charge in [0.2, 0.25) is 5.91 Å². The number of hydrogen-bond acceptors (Lipinski definition) is 7. The van der Waals surface area contributed by atoms with Crippen molar-refractivity contribution in [1.29, 1.82) is 0 Å². The van der Waals surface area contributed by atoms with Crippen molar-refractivity contribution >= 4 is 11.7 Å². The second-order valence-electron chi connectivity index (χ2n) is 7.23. The van der Waals surface area contributed by atoms with Gasteiger partial charge in [-0.3, -0.25) is 4.79 Å². The summed E-state index contributed by atoms with van der Waals surface area (Å²) in [6.07, 6.45) is 0.999. The molecule has 1 aliphatic rings. The van der Waals surface area contributed by atoms with Gasteiger partial charge in [-0.15, -0.1) is 13.2 Å². The number of amides is 1. The van der Waals surface area contributed by atoms with Crippen LogP contribution in [0.15, 0.2) is 49.3 Å². The SMILES string of the molecule is O=C(NCc1ccccc1OC(F)(F)F)C1CCCN(c2cc(-n3cncn3)ncn2)C1. The molecule has 2 aromatic heterocycles. The van der Waals surface area contributed by atoms with E-state index in [-0.39, 0.29) is 29.7 Å². The number of piperidine rings is 1. The Labute approximate surface area is 181 Å². The lowest BCUT2D eigenvalue weighted by Crippen LogP contribution is -2.43. The monoisotopic (exact) mass is 447 g/mol. The molecule has 1 aliphatic heterocycles. The lowest BCUT2D eigenvalue weighted by molar-refractivity contribution is -0.274. The zero-order valence-corrected chi connectivity index (χ0v) is 16.9. The molecule has 1 fully saturated rings. The number of aromatic nitrogens is 5. The molecule has 1 saturated heterocycles. The van der Waals surface area contributed by atoms with Crippen LogP contribution in [0.2, 0.25) is 0 Å². The van der Waals surface area contributed by atoms with E-state index < -0.39 is 6.36 Å². The molecule has 1 aromatic carbocycles. The minimum Gasteiger partial charge on any atom is -0.405 e. The molecule has 4 rings (SSSR count). The van der Waals surface area contributed by atoms with Crippen molar-refractivity contribution in [3.63, 3.8) is 0 Å². The summed E-state index contributed by atoms with van der Waals surface area (Å²) in [6.45, 7) is 1.09. The molecule has 3 aromatic rings. The number of ether oxygens (including phenoxy) is 1. The molecule has 0 aliphatic carbocycles. The molecule has 1 amide bonds. The highest BCUT2D eigenvalue weighted by Gasteiger charge is 2.32. The summed E-state index contributed by atoms with van der Waals surface area (Å²) in [5.41, 5.74) is 0.249. The van der Waals surface area contributed by atoms with Gasteiger partial charge in [0.05, 0.1) is 5.92 Å². The van der Waals surface area contributed by atoms with Gasteiger partial charge in [-0.2, -0.15) is 5.10 Å². The van der Waals surface area contributed by atoms with Gasteiger partial charge in [-0.05, 0) is 18.9 Å². The first-order valence-electron chi connectivity index (χ1n) is 9.92. The molecule has 32 heavy (non-hydrogen) atoms. The Morgan fingerprint density at radius 3 is 2.78 bits per heavy atom. The van der Waals surface area contributed by atoms with E-state index in [1.54, 1.807) is 12.1 Å². The lowest BCUT2D eigenvalue weighted by Gasteiger charge is -2.33. The highest BCUT2D eigenvalue weighted by atomic mass is 19.4. The first-order valence-corrected chi connectivity index (χ1v) is 9.92. The summed E-state index contributed by atoms with van der Waals surface area (Å²) in [4.78, 5) is 27.1. The van der Waals surface area contributed by atoms with Crippen molar-refractivity contribution in [2.45, 2.75) is 25.7 Å². The molecular weight excluding hydrogens is 427 g/mol. The van der Waals surface area contributed by atoms with Gasteiger partial charge in [0.15, 0.2) is 5.82 Å². The van der Waals surface area contributed by atoms with Crippen molar-refractivity contribution in [3.05, 3.63) is 54.9 Å². The molecule has 168 valence electrons. The van der Waals surface area contributed by atoms with Crippen molar-refractivity contribution in [3.8, 4) is 11.6 Å². The highest BCUT2D eigenvalue weighted by molar-refractivity contribution is 5.79. The number of carbonyl (C=O) groups excluding carboxylic acids is 1. The molecule has 1 atom stereocenters. The number of hydrogen-bond donors (Lipinski definition) is 1. The molecule has 9 nitrogen and oxygen atoms in total. The fraction of sp³-hybridized carbons (Fsp3) is 0.350. The van der Waals surface area contributed by atoms with Crippen LogP contribution in [0.4, 0.5) is 19.0 Å². The molecule has 3 heterocycles. The van der Waals surface area contributed by atoms with Gasteiger partial charge in [0.1, 0.15) is 30.5 Å². The van der Waals surface area contributed by atoms with Crippen LogP contribution in [0.5, 0.6) is 5.75 Å². The van der Waals surface area contributed by atoms with Gasteiger partial charge >= 0.3 is 6.36 Å². The van der Waals surface area contributed by atoms with E-state index >= 15 is 0 Å². The Morgan fingerprint density at radius 2 is 2.00 bits per heavy atom. The van der Waals surface area contributed by atoms with Gasteiger partial charge in [-0.25, -0.2) is 19.6 Å². The minimum absolute atomic E-state index is 0.0639. The summed E-state index contributed by atoms with van der Waals surface area (Å²) in [5, 5.41) is 6.78. The number of nitrogens with one attached hydrogen (secondary N) is 1. The van der Waals surface area contributed by atoms with Crippen LogP contribution < -0.4 is 15.0 Å². The molecule has 0 bridgehead atoms. The number of halogens is 3. The Morgan fingerprint density at radius 1 is 1.19 bits per heavy atom. The van der Waals surface area contributed by atoms with Crippen molar-refractivity contribution < 1.29 is 22.7 Å². The standard InChI is InChI=1S/C20H20F3N7O2/c21-20(22,23)32-16-6-2-1-4-14(16)9-25-19(31)15-5-3-7-29(10-15)17-8-18(27-12-26-17)30-13-24-11-28-30/h1-2,4,6,8,11-13,15H,3,5,7,9-10H2,(H,25,31). The van der Waals surface area contributed by atoms with Crippen LogP contribution in [-0.4, -0.2) is 50.1 Å². The van der Waals surface area contributed by atoms with E-state index in [1.165, 1.54) is 41.9 Å². The second-order valence-corrected chi connectivity index (χ2v) is 7.23. The van der Waals surface area contributed by atoms with Crippen molar-refractivity contribution in [2.24, 2.45) is 5.92 Å². The Bertz CT molecular complexity index is 1060.